The summed E-state index contributed by atoms with van der Waals surface area (Å²) in [6, 6.07) is 11.3. The monoisotopic (exact) mass is 329 g/mol. The molecule has 2 nitrogen and oxygen atoms in total. The van der Waals surface area contributed by atoms with E-state index in [0.29, 0.717) is 0 Å². The second kappa shape index (κ2) is 5.82. The Labute approximate surface area is 131 Å². The molecule has 0 spiro atoms. The highest BCUT2D eigenvalue weighted by Gasteiger charge is 2.58. The molecule has 2 aromatic carbocycles. The van der Waals surface area contributed by atoms with E-state index in [1.54, 1.807) is 20.2 Å². The van der Waals surface area contributed by atoms with Crippen molar-refractivity contribution in [3.8, 4) is 0 Å². The first-order chi connectivity index (χ1) is 10.2. The lowest BCUT2D eigenvalue weighted by atomic mass is 9.84. The van der Waals surface area contributed by atoms with Crippen LogP contribution in [-0.2, 0) is 5.60 Å². The Morgan fingerprint density at radius 1 is 0.909 bits per heavy atom. The van der Waals surface area contributed by atoms with Gasteiger partial charge in [0, 0.05) is 35.9 Å². The van der Waals surface area contributed by atoms with Gasteiger partial charge in [0.1, 0.15) is 0 Å². The first-order valence-electron chi connectivity index (χ1n) is 6.50. The molecule has 118 valence electrons. The lowest BCUT2D eigenvalue weighted by Gasteiger charge is -2.34. The molecule has 1 unspecified atom stereocenters. The van der Waals surface area contributed by atoms with E-state index in [9.17, 15) is 18.3 Å². The second-order valence-corrected chi connectivity index (χ2v) is 5.51. The quantitative estimate of drug-likeness (QED) is 0.912. The van der Waals surface area contributed by atoms with Crippen molar-refractivity contribution in [1.82, 2.24) is 0 Å². The van der Waals surface area contributed by atoms with Crippen LogP contribution in [0.4, 0.5) is 18.9 Å². The van der Waals surface area contributed by atoms with Gasteiger partial charge in [-0.1, -0.05) is 48.0 Å². The van der Waals surface area contributed by atoms with E-state index in [4.69, 9.17) is 11.6 Å². The molecule has 2 aromatic rings. The molecule has 22 heavy (non-hydrogen) atoms. The van der Waals surface area contributed by atoms with E-state index < -0.39 is 17.3 Å². The lowest BCUT2D eigenvalue weighted by Crippen LogP contribution is -2.44. The molecule has 0 saturated heterocycles. The number of hydrogen-bond donors (Lipinski definition) is 1. The van der Waals surface area contributed by atoms with Gasteiger partial charge in [0.25, 0.3) is 0 Å². The molecule has 0 radical (unpaired) electrons. The molecule has 0 aliphatic carbocycles. The zero-order valence-electron chi connectivity index (χ0n) is 12.0. The van der Waals surface area contributed by atoms with Gasteiger partial charge in [-0.25, -0.2) is 0 Å². The summed E-state index contributed by atoms with van der Waals surface area (Å²) in [4.78, 5) is 1.52. The highest BCUT2D eigenvalue weighted by Crippen LogP contribution is 2.48. The SMILES string of the molecule is CN(C)c1ccccc1C(O)(c1ccccc1Cl)C(F)(F)F. The van der Waals surface area contributed by atoms with E-state index in [1.165, 1.54) is 47.4 Å². The zero-order valence-corrected chi connectivity index (χ0v) is 12.8. The van der Waals surface area contributed by atoms with Crippen molar-refractivity contribution < 1.29 is 18.3 Å². The topological polar surface area (TPSA) is 23.5 Å². The summed E-state index contributed by atoms with van der Waals surface area (Å²) in [5.74, 6) is 0. The third-order valence-corrected chi connectivity index (χ3v) is 3.78. The number of anilines is 1. The molecule has 0 saturated carbocycles. The Kier molecular flexibility index (Phi) is 4.40. The number of para-hydroxylation sites is 1. The number of hydrogen-bond acceptors (Lipinski definition) is 2. The van der Waals surface area contributed by atoms with Crippen molar-refractivity contribution in [1.29, 1.82) is 0 Å². The summed E-state index contributed by atoms with van der Waals surface area (Å²) in [5.41, 5.74) is -3.58. The fraction of sp³-hybridized carbons (Fsp3) is 0.250. The third-order valence-electron chi connectivity index (χ3n) is 3.45. The third kappa shape index (κ3) is 2.66. The van der Waals surface area contributed by atoms with Crippen molar-refractivity contribution in [2.45, 2.75) is 11.8 Å². The molecule has 0 aromatic heterocycles. The molecule has 0 bridgehead atoms. The summed E-state index contributed by atoms with van der Waals surface area (Å²) in [6.45, 7) is 0. The largest absolute Gasteiger partial charge is 0.425 e. The van der Waals surface area contributed by atoms with Crippen LogP contribution < -0.4 is 4.90 Å². The van der Waals surface area contributed by atoms with Crippen LogP contribution in [0.3, 0.4) is 0 Å². The van der Waals surface area contributed by atoms with Crippen LogP contribution in [0.2, 0.25) is 5.02 Å². The zero-order chi connectivity index (χ0) is 16.5. The minimum atomic E-state index is -4.93. The van der Waals surface area contributed by atoms with Crippen LogP contribution in [0.15, 0.2) is 48.5 Å². The van der Waals surface area contributed by atoms with E-state index in [-0.39, 0.29) is 16.3 Å². The van der Waals surface area contributed by atoms with E-state index >= 15 is 0 Å². The molecule has 0 amide bonds. The first-order valence-corrected chi connectivity index (χ1v) is 6.88. The van der Waals surface area contributed by atoms with E-state index in [0.717, 1.165) is 0 Å². The van der Waals surface area contributed by atoms with Gasteiger partial charge in [0.05, 0.1) is 0 Å². The van der Waals surface area contributed by atoms with Gasteiger partial charge >= 0.3 is 6.18 Å². The van der Waals surface area contributed by atoms with E-state index in [1.807, 2.05) is 0 Å². The molecule has 0 aliphatic heterocycles. The van der Waals surface area contributed by atoms with E-state index in [2.05, 4.69) is 0 Å². The molecular weight excluding hydrogens is 315 g/mol. The predicted octanol–water partition coefficient (Wildman–Crippen LogP) is 4.20. The fourth-order valence-corrected chi connectivity index (χ4v) is 2.65. The van der Waals surface area contributed by atoms with Gasteiger partial charge in [-0.15, -0.1) is 0 Å². The number of halogens is 4. The summed E-state index contributed by atoms with van der Waals surface area (Å²) < 4.78 is 41.3. The predicted molar refractivity (Wildman–Crippen MR) is 81.3 cm³/mol. The van der Waals surface area contributed by atoms with Crippen LogP contribution in [0.5, 0.6) is 0 Å². The molecule has 2 rings (SSSR count). The van der Waals surface area contributed by atoms with Crippen LogP contribution in [0.1, 0.15) is 11.1 Å². The number of rotatable bonds is 3. The molecular formula is C16H15ClF3NO. The van der Waals surface area contributed by atoms with Crippen LogP contribution >= 0.6 is 11.6 Å². The number of nitrogens with zero attached hydrogens (tertiary/aromatic N) is 1. The van der Waals surface area contributed by atoms with Crippen LogP contribution in [-0.4, -0.2) is 25.4 Å². The maximum atomic E-state index is 13.8. The molecule has 0 heterocycles. The molecule has 0 aliphatic rings. The average Bonchev–Trinajstić information content (AvgIpc) is 2.45. The number of alkyl halides is 3. The molecule has 6 heteroatoms. The molecule has 1 N–H and O–H groups in total. The van der Waals surface area contributed by atoms with Gasteiger partial charge in [0.2, 0.25) is 5.60 Å². The second-order valence-electron chi connectivity index (χ2n) is 5.10. The summed E-state index contributed by atoms with van der Waals surface area (Å²) in [5, 5.41) is 10.5. The van der Waals surface area contributed by atoms with Crippen molar-refractivity contribution in [3.63, 3.8) is 0 Å². The van der Waals surface area contributed by atoms with Gasteiger partial charge < -0.3 is 10.0 Å². The standard InChI is InChI=1S/C16H15ClF3NO/c1-21(2)14-10-6-4-8-12(14)15(22,16(18,19)20)11-7-3-5-9-13(11)17/h3-10,22H,1-2H3. The van der Waals surface area contributed by atoms with Crippen molar-refractivity contribution in [2.24, 2.45) is 0 Å². The Morgan fingerprint density at radius 2 is 1.41 bits per heavy atom. The average molecular weight is 330 g/mol. The Morgan fingerprint density at radius 3 is 1.91 bits per heavy atom. The highest BCUT2D eigenvalue weighted by molar-refractivity contribution is 6.31. The fourth-order valence-electron chi connectivity index (χ4n) is 2.37. The smallest absolute Gasteiger partial charge is 0.377 e. The van der Waals surface area contributed by atoms with Gasteiger partial charge in [-0.05, 0) is 12.1 Å². The van der Waals surface area contributed by atoms with Crippen molar-refractivity contribution in [3.05, 3.63) is 64.7 Å². The van der Waals surface area contributed by atoms with Crippen molar-refractivity contribution >= 4 is 17.3 Å². The number of benzene rings is 2. The number of aliphatic hydroxyl groups is 1. The minimum absolute atomic E-state index is 0.143. The maximum Gasteiger partial charge on any atom is 0.425 e. The van der Waals surface area contributed by atoms with Gasteiger partial charge in [-0.2, -0.15) is 13.2 Å². The summed E-state index contributed by atoms with van der Waals surface area (Å²) in [7, 11) is 3.23. The molecule has 1 atom stereocenters. The van der Waals surface area contributed by atoms with Crippen LogP contribution in [0.25, 0.3) is 0 Å². The van der Waals surface area contributed by atoms with Crippen LogP contribution in [0, 0.1) is 0 Å². The van der Waals surface area contributed by atoms with Crippen molar-refractivity contribution in [2.75, 3.05) is 19.0 Å². The summed E-state index contributed by atoms with van der Waals surface area (Å²) in [6.07, 6.45) is -4.93. The Hall–Kier alpha value is -1.72. The maximum absolute atomic E-state index is 13.8. The normalized spacial score (nSPS) is 14.5. The Bertz CT molecular complexity index is 672. The minimum Gasteiger partial charge on any atom is -0.377 e. The first kappa shape index (κ1) is 16.6. The van der Waals surface area contributed by atoms with Gasteiger partial charge in [-0.3, -0.25) is 0 Å². The highest BCUT2D eigenvalue weighted by atomic mass is 35.5. The Balaban J connectivity index is 2.81. The van der Waals surface area contributed by atoms with Gasteiger partial charge in [0.15, 0.2) is 0 Å². The summed E-state index contributed by atoms with van der Waals surface area (Å²) >= 11 is 5.92. The lowest BCUT2D eigenvalue weighted by molar-refractivity contribution is -0.248. The molecule has 0 fully saturated rings.